The monoisotopic (exact) mass is 268 g/mol. The molecule has 3 rings (SSSR count). The molecule has 1 heterocycles. The van der Waals surface area contributed by atoms with Gasteiger partial charge < -0.3 is 5.32 Å². The number of carbonyl (C=O) groups excluding carboxylic acids is 1. The summed E-state index contributed by atoms with van der Waals surface area (Å²) in [5.74, 6) is 0.225. The third kappa shape index (κ3) is 2.47. The Labute approximate surface area is 119 Å². The second-order valence-corrected chi connectivity index (χ2v) is 5.37. The Bertz CT molecular complexity index is 612. The predicted molar refractivity (Wildman–Crippen MR) is 81.8 cm³/mol. The van der Waals surface area contributed by atoms with Crippen LogP contribution in [0.3, 0.4) is 0 Å². The van der Waals surface area contributed by atoms with Gasteiger partial charge in [-0.15, -0.1) is 0 Å². The van der Waals surface area contributed by atoms with Crippen molar-refractivity contribution in [3.05, 3.63) is 48.0 Å². The topological polar surface area (TPSA) is 32.3 Å². The average Bonchev–Trinajstić information content (AvgIpc) is 2.48. The molecular formula is C17H20N2O. The number of carbonyl (C=O) groups is 1. The molecule has 1 fully saturated rings. The maximum Gasteiger partial charge on any atom is 0.151 e. The number of hydrogen-bond acceptors (Lipinski definition) is 3. The van der Waals surface area contributed by atoms with E-state index in [-0.39, 0.29) is 11.8 Å². The van der Waals surface area contributed by atoms with E-state index in [2.05, 4.69) is 40.5 Å². The Morgan fingerprint density at radius 2 is 1.80 bits per heavy atom. The third-order valence-corrected chi connectivity index (χ3v) is 4.02. The molecule has 0 saturated carbocycles. The smallest absolute Gasteiger partial charge is 0.151 e. The van der Waals surface area contributed by atoms with Gasteiger partial charge in [-0.2, -0.15) is 0 Å². The van der Waals surface area contributed by atoms with Crippen molar-refractivity contribution in [3.63, 3.8) is 0 Å². The second kappa shape index (κ2) is 5.73. The fourth-order valence-corrected chi connectivity index (χ4v) is 3.10. The molecule has 0 amide bonds. The number of Topliss-reactive ketones (excluding diaryl/α,β-unsaturated/α-hetero) is 1. The van der Waals surface area contributed by atoms with E-state index in [1.165, 1.54) is 10.8 Å². The molecular weight excluding hydrogens is 248 g/mol. The number of nitrogens with zero attached hydrogens (tertiary/aromatic N) is 1. The summed E-state index contributed by atoms with van der Waals surface area (Å²) in [6.45, 7) is 5.46. The van der Waals surface area contributed by atoms with E-state index in [9.17, 15) is 4.79 Å². The van der Waals surface area contributed by atoms with Gasteiger partial charge in [-0.05, 0) is 23.3 Å². The Hall–Kier alpha value is -1.71. The molecule has 1 aliphatic rings. The van der Waals surface area contributed by atoms with Crippen molar-refractivity contribution in [2.24, 2.45) is 0 Å². The Morgan fingerprint density at radius 3 is 2.55 bits per heavy atom. The highest BCUT2D eigenvalue weighted by Crippen LogP contribution is 2.29. The molecule has 1 atom stereocenters. The molecule has 0 aromatic heterocycles. The van der Waals surface area contributed by atoms with Crippen LogP contribution < -0.4 is 5.32 Å². The molecule has 3 heteroatoms. The summed E-state index contributed by atoms with van der Waals surface area (Å²) in [6.07, 6.45) is 0. The molecule has 0 bridgehead atoms. The fourth-order valence-electron chi connectivity index (χ4n) is 3.10. The summed E-state index contributed by atoms with van der Waals surface area (Å²) in [4.78, 5) is 14.5. The molecule has 2 aromatic carbocycles. The SMILES string of the molecule is CC(=O)C(c1cccc2ccccc12)N1CCNCC1. The maximum absolute atomic E-state index is 12.2. The Kier molecular flexibility index (Phi) is 3.81. The summed E-state index contributed by atoms with van der Waals surface area (Å²) in [5.41, 5.74) is 1.14. The average molecular weight is 268 g/mol. The summed E-state index contributed by atoms with van der Waals surface area (Å²) in [6, 6.07) is 14.4. The largest absolute Gasteiger partial charge is 0.314 e. The van der Waals surface area contributed by atoms with Gasteiger partial charge in [-0.25, -0.2) is 0 Å². The van der Waals surface area contributed by atoms with E-state index in [4.69, 9.17) is 0 Å². The predicted octanol–water partition coefficient (Wildman–Crippen LogP) is 2.38. The molecule has 104 valence electrons. The number of ketones is 1. The van der Waals surface area contributed by atoms with Gasteiger partial charge in [0.05, 0.1) is 6.04 Å². The fraction of sp³-hybridized carbons (Fsp3) is 0.353. The summed E-state index contributed by atoms with van der Waals surface area (Å²) in [5, 5.41) is 5.73. The maximum atomic E-state index is 12.2. The first-order chi connectivity index (χ1) is 9.77. The van der Waals surface area contributed by atoms with Gasteiger partial charge in [0.15, 0.2) is 5.78 Å². The van der Waals surface area contributed by atoms with Crippen LogP contribution in [0.5, 0.6) is 0 Å². The lowest BCUT2D eigenvalue weighted by Gasteiger charge is -2.34. The van der Waals surface area contributed by atoms with Crippen molar-refractivity contribution in [1.82, 2.24) is 10.2 Å². The van der Waals surface area contributed by atoms with E-state index in [0.29, 0.717) is 0 Å². The van der Waals surface area contributed by atoms with Crippen LogP contribution in [0.1, 0.15) is 18.5 Å². The lowest BCUT2D eigenvalue weighted by atomic mass is 9.95. The van der Waals surface area contributed by atoms with Crippen LogP contribution in [0, 0.1) is 0 Å². The van der Waals surface area contributed by atoms with E-state index in [1.807, 2.05) is 12.1 Å². The minimum absolute atomic E-state index is 0.122. The van der Waals surface area contributed by atoms with Gasteiger partial charge in [0.2, 0.25) is 0 Å². The van der Waals surface area contributed by atoms with E-state index >= 15 is 0 Å². The standard InChI is InChI=1S/C17H20N2O/c1-13(20)17(19-11-9-18-10-12-19)16-8-4-6-14-5-2-3-7-15(14)16/h2-8,17-18H,9-12H2,1H3. The minimum atomic E-state index is -0.122. The van der Waals surface area contributed by atoms with Crippen molar-refractivity contribution >= 4 is 16.6 Å². The molecule has 20 heavy (non-hydrogen) atoms. The first-order valence-corrected chi connectivity index (χ1v) is 7.20. The Balaban J connectivity index is 2.07. The highest BCUT2D eigenvalue weighted by molar-refractivity contribution is 5.92. The van der Waals surface area contributed by atoms with Crippen LogP contribution >= 0.6 is 0 Å². The highest BCUT2D eigenvalue weighted by Gasteiger charge is 2.27. The zero-order valence-corrected chi connectivity index (χ0v) is 11.8. The van der Waals surface area contributed by atoms with Crippen molar-refractivity contribution in [1.29, 1.82) is 0 Å². The van der Waals surface area contributed by atoms with Crippen LogP contribution in [0.15, 0.2) is 42.5 Å². The number of piperazine rings is 1. The molecule has 1 unspecified atom stereocenters. The second-order valence-electron chi connectivity index (χ2n) is 5.37. The highest BCUT2D eigenvalue weighted by atomic mass is 16.1. The zero-order chi connectivity index (χ0) is 13.9. The summed E-state index contributed by atoms with van der Waals surface area (Å²) >= 11 is 0. The molecule has 0 spiro atoms. The normalized spacial score (nSPS) is 18.1. The van der Waals surface area contributed by atoms with Crippen LogP contribution in [0.25, 0.3) is 10.8 Å². The van der Waals surface area contributed by atoms with Crippen LogP contribution in [0.4, 0.5) is 0 Å². The lowest BCUT2D eigenvalue weighted by molar-refractivity contribution is -0.122. The first kappa shape index (κ1) is 13.3. The number of rotatable bonds is 3. The molecule has 3 nitrogen and oxygen atoms in total. The molecule has 0 radical (unpaired) electrons. The molecule has 1 aliphatic heterocycles. The molecule has 0 aliphatic carbocycles. The minimum Gasteiger partial charge on any atom is -0.314 e. The van der Waals surface area contributed by atoms with Crippen molar-refractivity contribution < 1.29 is 4.79 Å². The molecule has 1 saturated heterocycles. The summed E-state index contributed by atoms with van der Waals surface area (Å²) < 4.78 is 0. The molecule has 1 N–H and O–H groups in total. The lowest BCUT2D eigenvalue weighted by Crippen LogP contribution is -2.46. The number of benzene rings is 2. The van der Waals surface area contributed by atoms with Crippen molar-refractivity contribution in [2.75, 3.05) is 26.2 Å². The van der Waals surface area contributed by atoms with Gasteiger partial charge in [-0.3, -0.25) is 9.69 Å². The van der Waals surface area contributed by atoms with Gasteiger partial charge in [0, 0.05) is 26.2 Å². The molecule has 2 aromatic rings. The van der Waals surface area contributed by atoms with Crippen LogP contribution in [-0.4, -0.2) is 36.9 Å². The first-order valence-electron chi connectivity index (χ1n) is 7.20. The number of nitrogens with one attached hydrogen (secondary N) is 1. The van der Waals surface area contributed by atoms with Gasteiger partial charge in [0.25, 0.3) is 0 Å². The van der Waals surface area contributed by atoms with E-state index in [0.717, 1.165) is 31.7 Å². The number of fused-ring (bicyclic) bond motifs is 1. The van der Waals surface area contributed by atoms with Crippen molar-refractivity contribution in [3.8, 4) is 0 Å². The Morgan fingerprint density at radius 1 is 1.10 bits per heavy atom. The van der Waals surface area contributed by atoms with Crippen molar-refractivity contribution in [2.45, 2.75) is 13.0 Å². The van der Waals surface area contributed by atoms with Crippen LogP contribution in [-0.2, 0) is 4.79 Å². The summed E-state index contributed by atoms with van der Waals surface area (Å²) in [7, 11) is 0. The third-order valence-electron chi connectivity index (χ3n) is 4.02. The van der Waals surface area contributed by atoms with Gasteiger partial charge in [-0.1, -0.05) is 42.5 Å². The van der Waals surface area contributed by atoms with E-state index < -0.39 is 0 Å². The zero-order valence-electron chi connectivity index (χ0n) is 11.8. The van der Waals surface area contributed by atoms with Crippen LogP contribution in [0.2, 0.25) is 0 Å². The number of hydrogen-bond donors (Lipinski definition) is 1. The van der Waals surface area contributed by atoms with Gasteiger partial charge >= 0.3 is 0 Å². The van der Waals surface area contributed by atoms with Gasteiger partial charge in [0.1, 0.15) is 0 Å². The van der Waals surface area contributed by atoms with E-state index in [1.54, 1.807) is 6.92 Å². The quantitative estimate of drug-likeness (QED) is 0.927.